The molecule has 8 heteroatoms. The minimum atomic E-state index is -5.50. The van der Waals surface area contributed by atoms with Crippen LogP contribution in [0.4, 0.5) is 26.3 Å². The molecule has 1 aromatic rings. The lowest BCUT2D eigenvalue weighted by Gasteiger charge is -2.23. The van der Waals surface area contributed by atoms with Crippen molar-refractivity contribution in [3.8, 4) is 0 Å². The number of alkyl halides is 6. The van der Waals surface area contributed by atoms with E-state index in [0.717, 1.165) is 0 Å². The van der Waals surface area contributed by atoms with Gasteiger partial charge < -0.3 is 10.5 Å². The summed E-state index contributed by atoms with van der Waals surface area (Å²) in [5.74, 6) is 0. The van der Waals surface area contributed by atoms with Gasteiger partial charge in [0.05, 0.1) is 6.61 Å². The van der Waals surface area contributed by atoms with Gasteiger partial charge in [-0.2, -0.15) is 26.3 Å². The molecule has 1 rings (SSSR count). The van der Waals surface area contributed by atoms with Gasteiger partial charge >= 0.3 is 12.4 Å². The third-order valence-electron chi connectivity index (χ3n) is 2.53. The van der Waals surface area contributed by atoms with Crippen LogP contribution in [0.2, 0.25) is 0 Å². The maximum atomic E-state index is 12.3. The Balaban J connectivity index is 2.83. The van der Waals surface area contributed by atoms with Gasteiger partial charge in [-0.25, -0.2) is 0 Å². The predicted octanol–water partition coefficient (Wildman–Crippen LogP) is 3.20. The summed E-state index contributed by atoms with van der Waals surface area (Å²) in [7, 11) is 0. The van der Waals surface area contributed by atoms with Gasteiger partial charge in [-0.15, -0.1) is 0 Å². The summed E-state index contributed by atoms with van der Waals surface area (Å²) in [5, 5.41) is 0. The summed E-state index contributed by atoms with van der Waals surface area (Å²) in [6, 6.07) is 6.13. The van der Waals surface area contributed by atoms with Gasteiger partial charge in [0.25, 0.3) is 0 Å². The molecule has 0 bridgehead atoms. The number of hydrogen-bond acceptors (Lipinski definition) is 2. The molecular weight excluding hydrogens is 288 g/mol. The van der Waals surface area contributed by atoms with Gasteiger partial charge in [-0.05, 0) is 24.1 Å². The molecule has 0 saturated carbocycles. The zero-order valence-corrected chi connectivity index (χ0v) is 10.3. The molecule has 0 atom stereocenters. The Morgan fingerprint density at radius 1 is 0.950 bits per heavy atom. The van der Waals surface area contributed by atoms with E-state index in [9.17, 15) is 26.3 Å². The van der Waals surface area contributed by atoms with Crippen LogP contribution in [-0.2, 0) is 17.8 Å². The molecule has 114 valence electrons. The zero-order valence-electron chi connectivity index (χ0n) is 10.3. The molecule has 1 aromatic carbocycles. The molecule has 0 aromatic heterocycles. The van der Waals surface area contributed by atoms with Gasteiger partial charge in [0, 0.05) is 0 Å². The van der Waals surface area contributed by atoms with E-state index in [-0.39, 0.29) is 12.1 Å². The summed E-state index contributed by atoms with van der Waals surface area (Å²) >= 11 is 0. The van der Waals surface area contributed by atoms with Crippen LogP contribution in [0.15, 0.2) is 24.3 Å². The van der Waals surface area contributed by atoms with Crippen molar-refractivity contribution in [3.05, 3.63) is 35.4 Å². The number of benzene rings is 1. The third-order valence-corrected chi connectivity index (χ3v) is 2.53. The summed E-state index contributed by atoms with van der Waals surface area (Å²) in [6.07, 6.45) is -14.4. The maximum absolute atomic E-state index is 12.3. The van der Waals surface area contributed by atoms with E-state index in [1.165, 1.54) is 12.1 Å². The van der Waals surface area contributed by atoms with Crippen molar-refractivity contribution >= 4 is 0 Å². The van der Waals surface area contributed by atoms with E-state index in [1.54, 1.807) is 12.1 Å². The predicted molar refractivity (Wildman–Crippen MR) is 59.9 cm³/mol. The molecule has 0 radical (unpaired) electrons. The van der Waals surface area contributed by atoms with E-state index in [4.69, 9.17) is 5.73 Å². The minimum absolute atomic E-state index is 0.235. The molecule has 0 aliphatic rings. The van der Waals surface area contributed by atoms with Crippen molar-refractivity contribution in [2.45, 2.75) is 31.5 Å². The quantitative estimate of drug-likeness (QED) is 0.848. The van der Waals surface area contributed by atoms with Crippen LogP contribution in [0.5, 0.6) is 0 Å². The average molecular weight is 301 g/mol. The molecule has 0 aliphatic carbocycles. The normalized spacial score (nSPS) is 13.0. The lowest BCUT2D eigenvalue weighted by atomic mass is 10.1. The first-order valence-electron chi connectivity index (χ1n) is 5.68. The van der Waals surface area contributed by atoms with Crippen LogP contribution < -0.4 is 5.73 Å². The molecule has 20 heavy (non-hydrogen) atoms. The van der Waals surface area contributed by atoms with E-state index < -0.39 is 25.1 Å². The Labute approximate surface area is 111 Å². The fraction of sp³-hybridized carbons (Fsp3) is 0.500. The van der Waals surface area contributed by atoms with Crippen LogP contribution in [0.1, 0.15) is 11.1 Å². The summed E-state index contributed by atoms with van der Waals surface area (Å²) in [6.45, 7) is -0.543. The van der Waals surface area contributed by atoms with Crippen molar-refractivity contribution in [1.29, 1.82) is 0 Å². The van der Waals surface area contributed by atoms with Gasteiger partial charge in [0.15, 0.2) is 0 Å². The molecular formula is C12H13F6NO. The molecule has 0 aliphatic heterocycles. The summed E-state index contributed by atoms with van der Waals surface area (Å²) in [5.41, 5.74) is 6.15. The first-order valence-corrected chi connectivity index (χ1v) is 5.68. The number of ether oxygens (including phenoxy) is 1. The molecule has 2 nitrogen and oxygen atoms in total. The Morgan fingerprint density at radius 3 is 1.90 bits per heavy atom. The van der Waals surface area contributed by atoms with Crippen LogP contribution in [0.3, 0.4) is 0 Å². The second kappa shape index (κ2) is 6.45. The topological polar surface area (TPSA) is 35.2 Å². The number of rotatable bonds is 5. The Morgan fingerprint density at radius 2 is 1.45 bits per heavy atom. The van der Waals surface area contributed by atoms with Crippen LogP contribution in [0.25, 0.3) is 0 Å². The molecule has 0 unspecified atom stereocenters. The monoisotopic (exact) mass is 301 g/mol. The summed E-state index contributed by atoms with van der Waals surface area (Å²) in [4.78, 5) is 0. The second-order valence-electron chi connectivity index (χ2n) is 4.08. The maximum Gasteiger partial charge on any atom is 0.423 e. The number of hydrogen-bond donors (Lipinski definition) is 1. The third kappa shape index (κ3) is 4.68. The highest BCUT2D eigenvalue weighted by Crippen LogP contribution is 2.36. The second-order valence-corrected chi connectivity index (χ2v) is 4.08. The SMILES string of the molecule is NCCc1ccccc1COC(C(F)(F)F)C(F)(F)F. The van der Waals surface area contributed by atoms with Gasteiger partial charge in [0.2, 0.25) is 6.10 Å². The highest BCUT2D eigenvalue weighted by Gasteiger charge is 2.57. The van der Waals surface area contributed by atoms with Gasteiger partial charge in [0.1, 0.15) is 0 Å². The molecule has 0 amide bonds. The van der Waals surface area contributed by atoms with Crippen molar-refractivity contribution in [2.24, 2.45) is 5.73 Å². The van der Waals surface area contributed by atoms with E-state index in [0.29, 0.717) is 12.0 Å². The first-order chi connectivity index (χ1) is 9.16. The fourth-order valence-corrected chi connectivity index (χ4v) is 1.65. The van der Waals surface area contributed by atoms with Crippen molar-refractivity contribution < 1.29 is 31.1 Å². The number of nitrogens with two attached hydrogens (primary N) is 1. The molecule has 0 spiro atoms. The highest BCUT2D eigenvalue weighted by atomic mass is 19.4. The minimum Gasteiger partial charge on any atom is -0.356 e. The standard InChI is InChI=1S/C12H13F6NO/c13-11(14,15)10(12(16,17)18)20-7-9-4-2-1-3-8(9)5-6-19/h1-4,10H,5-7,19H2. The molecule has 0 heterocycles. The Bertz CT molecular complexity index is 415. The van der Waals surface area contributed by atoms with Gasteiger partial charge in [-0.1, -0.05) is 24.3 Å². The first kappa shape index (κ1) is 16.8. The van der Waals surface area contributed by atoms with Crippen molar-refractivity contribution in [2.75, 3.05) is 6.54 Å². The lowest BCUT2D eigenvalue weighted by Crippen LogP contribution is -2.44. The van der Waals surface area contributed by atoms with Crippen molar-refractivity contribution in [3.63, 3.8) is 0 Å². The molecule has 0 fully saturated rings. The van der Waals surface area contributed by atoms with E-state index in [1.807, 2.05) is 0 Å². The van der Waals surface area contributed by atoms with Crippen LogP contribution >= 0.6 is 0 Å². The average Bonchev–Trinajstić information content (AvgIpc) is 2.28. The smallest absolute Gasteiger partial charge is 0.356 e. The number of halogens is 6. The van der Waals surface area contributed by atoms with E-state index >= 15 is 0 Å². The summed E-state index contributed by atoms with van der Waals surface area (Å²) < 4.78 is 77.9. The zero-order chi connectivity index (χ0) is 15.4. The lowest BCUT2D eigenvalue weighted by molar-refractivity contribution is -0.324. The molecule has 2 N–H and O–H groups in total. The Hall–Kier alpha value is -1.28. The largest absolute Gasteiger partial charge is 0.423 e. The molecule has 0 saturated heterocycles. The Kier molecular flexibility index (Phi) is 5.41. The van der Waals surface area contributed by atoms with Crippen LogP contribution in [0, 0.1) is 0 Å². The van der Waals surface area contributed by atoms with E-state index in [2.05, 4.69) is 4.74 Å². The highest BCUT2D eigenvalue weighted by molar-refractivity contribution is 5.26. The van der Waals surface area contributed by atoms with Gasteiger partial charge in [-0.3, -0.25) is 0 Å². The van der Waals surface area contributed by atoms with Crippen LogP contribution in [-0.4, -0.2) is 25.0 Å². The van der Waals surface area contributed by atoms with Crippen molar-refractivity contribution in [1.82, 2.24) is 0 Å². The fourth-order valence-electron chi connectivity index (χ4n) is 1.65.